The summed E-state index contributed by atoms with van der Waals surface area (Å²) in [5, 5.41) is 0.635. The molecule has 5 nitrogen and oxygen atoms in total. The number of imidazole rings is 1. The van der Waals surface area contributed by atoms with Crippen molar-refractivity contribution in [1.82, 2.24) is 14.4 Å². The summed E-state index contributed by atoms with van der Waals surface area (Å²) in [6, 6.07) is 11.0. The Labute approximate surface area is 125 Å². The van der Waals surface area contributed by atoms with E-state index in [1.807, 2.05) is 41.1 Å². The number of methoxy groups -OCH3 is 1. The first-order valence-electron chi connectivity index (χ1n) is 6.89. The number of nitrogens with one attached hydrogen (secondary N) is 1. The average Bonchev–Trinajstić information content (AvgIpc) is 3.04. The number of H-pyrrole nitrogens is 1. The minimum absolute atomic E-state index is 0.0231. The Morgan fingerprint density at radius 1 is 1.14 bits per heavy atom. The Hall–Kier alpha value is -3.08. The number of hydrogen-bond donors (Lipinski definition) is 1. The van der Waals surface area contributed by atoms with Gasteiger partial charge in [-0.15, -0.1) is 0 Å². The highest BCUT2D eigenvalue weighted by molar-refractivity contribution is 5.91. The lowest BCUT2D eigenvalue weighted by molar-refractivity contribution is 0.415. The number of rotatable bonds is 2. The van der Waals surface area contributed by atoms with E-state index in [0.717, 1.165) is 28.2 Å². The molecule has 0 aliphatic rings. The molecule has 0 bridgehead atoms. The number of aromatic amines is 1. The van der Waals surface area contributed by atoms with Gasteiger partial charge in [-0.1, -0.05) is 0 Å². The summed E-state index contributed by atoms with van der Waals surface area (Å²) in [6.45, 7) is 0. The van der Waals surface area contributed by atoms with Crippen molar-refractivity contribution in [2.45, 2.75) is 0 Å². The van der Waals surface area contributed by atoms with Gasteiger partial charge in [0.1, 0.15) is 5.75 Å². The Balaban J connectivity index is 1.99. The second kappa shape index (κ2) is 4.73. The van der Waals surface area contributed by atoms with Crippen molar-refractivity contribution in [3.63, 3.8) is 0 Å². The minimum Gasteiger partial charge on any atom is -0.497 e. The van der Waals surface area contributed by atoms with Crippen LogP contribution in [0.5, 0.6) is 5.75 Å². The van der Waals surface area contributed by atoms with Crippen LogP contribution in [-0.4, -0.2) is 21.5 Å². The molecule has 3 heterocycles. The molecule has 0 amide bonds. The van der Waals surface area contributed by atoms with Crippen molar-refractivity contribution in [2.24, 2.45) is 0 Å². The van der Waals surface area contributed by atoms with Crippen LogP contribution in [0.1, 0.15) is 0 Å². The van der Waals surface area contributed by atoms with E-state index in [0.29, 0.717) is 5.39 Å². The van der Waals surface area contributed by atoms with Gasteiger partial charge in [-0.3, -0.25) is 4.79 Å². The Morgan fingerprint density at radius 2 is 1.95 bits per heavy atom. The quantitative estimate of drug-likeness (QED) is 0.618. The standard InChI is InChI=1S/C17H13N3O2/c1-22-12-4-2-11(3-5-12)14-10-15(21)13-6-8-20-9-7-18-17(20)16(13)19-14/h2-10H,1H3,(H,19,21). The van der Waals surface area contributed by atoms with Crippen LogP contribution in [0.15, 0.2) is 59.8 Å². The van der Waals surface area contributed by atoms with Crippen LogP contribution < -0.4 is 10.2 Å². The third-order valence-electron chi connectivity index (χ3n) is 3.76. The third kappa shape index (κ3) is 1.87. The zero-order chi connectivity index (χ0) is 15.1. The number of aromatic nitrogens is 3. The first-order chi connectivity index (χ1) is 10.8. The van der Waals surface area contributed by atoms with Crippen molar-refractivity contribution in [1.29, 1.82) is 0 Å². The number of hydrogen-bond acceptors (Lipinski definition) is 3. The molecule has 1 aromatic carbocycles. The smallest absolute Gasteiger partial charge is 0.190 e. The zero-order valence-corrected chi connectivity index (χ0v) is 11.9. The summed E-state index contributed by atoms with van der Waals surface area (Å²) in [5.41, 5.74) is 3.14. The number of ether oxygens (including phenoxy) is 1. The summed E-state index contributed by atoms with van der Waals surface area (Å²) in [4.78, 5) is 20.0. The average molecular weight is 291 g/mol. The normalized spacial score (nSPS) is 11.1. The molecule has 0 saturated carbocycles. The van der Waals surface area contributed by atoms with Gasteiger partial charge in [-0.2, -0.15) is 0 Å². The second-order valence-electron chi connectivity index (χ2n) is 5.04. The monoisotopic (exact) mass is 291 g/mol. The van der Waals surface area contributed by atoms with E-state index >= 15 is 0 Å². The maximum absolute atomic E-state index is 12.4. The molecule has 0 fully saturated rings. The lowest BCUT2D eigenvalue weighted by Crippen LogP contribution is -2.04. The van der Waals surface area contributed by atoms with Crippen LogP contribution in [0.25, 0.3) is 27.8 Å². The number of fused-ring (bicyclic) bond motifs is 3. The van der Waals surface area contributed by atoms with Gasteiger partial charge in [-0.25, -0.2) is 4.98 Å². The second-order valence-corrected chi connectivity index (χ2v) is 5.04. The fourth-order valence-corrected chi connectivity index (χ4v) is 2.62. The van der Waals surface area contributed by atoms with E-state index in [4.69, 9.17) is 4.74 Å². The molecule has 1 N–H and O–H groups in total. The first-order valence-corrected chi connectivity index (χ1v) is 6.89. The molecular formula is C17H13N3O2. The van der Waals surface area contributed by atoms with E-state index in [1.165, 1.54) is 0 Å². The lowest BCUT2D eigenvalue weighted by Gasteiger charge is -2.07. The van der Waals surface area contributed by atoms with Crippen LogP contribution in [0.4, 0.5) is 0 Å². The van der Waals surface area contributed by atoms with Gasteiger partial charge in [0.15, 0.2) is 11.1 Å². The van der Waals surface area contributed by atoms with Crippen molar-refractivity contribution < 1.29 is 4.74 Å². The Kier molecular flexibility index (Phi) is 2.72. The van der Waals surface area contributed by atoms with Crippen LogP contribution >= 0.6 is 0 Å². The van der Waals surface area contributed by atoms with Crippen LogP contribution in [0.2, 0.25) is 0 Å². The van der Waals surface area contributed by atoms with Gasteiger partial charge in [0.25, 0.3) is 0 Å². The van der Waals surface area contributed by atoms with Crippen molar-refractivity contribution >= 4 is 16.6 Å². The van der Waals surface area contributed by atoms with E-state index < -0.39 is 0 Å². The van der Waals surface area contributed by atoms with Gasteiger partial charge in [0, 0.05) is 30.4 Å². The highest BCUT2D eigenvalue weighted by Crippen LogP contribution is 2.22. The highest BCUT2D eigenvalue weighted by atomic mass is 16.5. The molecule has 4 aromatic rings. The first kappa shape index (κ1) is 12.6. The van der Waals surface area contributed by atoms with Gasteiger partial charge < -0.3 is 14.1 Å². The van der Waals surface area contributed by atoms with E-state index in [9.17, 15) is 4.79 Å². The fourth-order valence-electron chi connectivity index (χ4n) is 2.62. The summed E-state index contributed by atoms with van der Waals surface area (Å²) in [6.07, 6.45) is 5.41. The molecule has 3 aromatic heterocycles. The predicted molar refractivity (Wildman–Crippen MR) is 85.3 cm³/mol. The van der Waals surface area contributed by atoms with E-state index in [1.54, 1.807) is 25.4 Å². The SMILES string of the molecule is COc1ccc(-c2cc(=O)c3ccn4ccnc4c3[nH]2)cc1. The summed E-state index contributed by atoms with van der Waals surface area (Å²) >= 11 is 0. The third-order valence-corrected chi connectivity index (χ3v) is 3.76. The maximum atomic E-state index is 12.4. The summed E-state index contributed by atoms with van der Waals surface area (Å²) < 4.78 is 7.05. The molecule has 0 atom stereocenters. The number of nitrogens with zero attached hydrogens (tertiary/aromatic N) is 2. The lowest BCUT2D eigenvalue weighted by atomic mass is 10.1. The summed E-state index contributed by atoms with van der Waals surface area (Å²) in [7, 11) is 1.63. The van der Waals surface area contributed by atoms with Gasteiger partial charge >= 0.3 is 0 Å². The maximum Gasteiger partial charge on any atom is 0.190 e. The van der Waals surface area contributed by atoms with Crippen LogP contribution in [0, 0.1) is 0 Å². The summed E-state index contributed by atoms with van der Waals surface area (Å²) in [5.74, 6) is 0.780. The minimum atomic E-state index is -0.0231. The number of pyridine rings is 2. The Morgan fingerprint density at radius 3 is 2.73 bits per heavy atom. The van der Waals surface area contributed by atoms with Crippen molar-refractivity contribution in [3.8, 4) is 17.0 Å². The molecule has 0 aliphatic heterocycles. The predicted octanol–water partition coefficient (Wildman–Crippen LogP) is 2.85. The molecule has 0 spiro atoms. The molecule has 0 radical (unpaired) electrons. The van der Waals surface area contributed by atoms with Gasteiger partial charge in [0.2, 0.25) is 0 Å². The molecule has 0 unspecified atom stereocenters. The zero-order valence-electron chi connectivity index (χ0n) is 11.9. The largest absolute Gasteiger partial charge is 0.497 e. The molecule has 22 heavy (non-hydrogen) atoms. The molecule has 4 rings (SSSR count). The van der Waals surface area contributed by atoms with Crippen molar-refractivity contribution in [2.75, 3.05) is 7.11 Å². The van der Waals surface area contributed by atoms with Crippen LogP contribution in [0.3, 0.4) is 0 Å². The highest BCUT2D eigenvalue weighted by Gasteiger charge is 2.08. The van der Waals surface area contributed by atoms with Gasteiger partial charge in [-0.05, 0) is 35.9 Å². The molecule has 108 valence electrons. The molecule has 0 saturated heterocycles. The topological polar surface area (TPSA) is 59.4 Å². The fraction of sp³-hybridized carbons (Fsp3) is 0.0588. The van der Waals surface area contributed by atoms with Crippen LogP contribution in [-0.2, 0) is 0 Å². The molecule has 0 aliphatic carbocycles. The van der Waals surface area contributed by atoms with Crippen molar-refractivity contribution in [3.05, 3.63) is 65.2 Å². The number of benzene rings is 1. The Bertz CT molecular complexity index is 1030. The molecule has 5 heteroatoms. The molecular weight excluding hydrogens is 278 g/mol. The van der Waals surface area contributed by atoms with E-state index in [-0.39, 0.29) is 5.43 Å². The van der Waals surface area contributed by atoms with E-state index in [2.05, 4.69) is 9.97 Å². The van der Waals surface area contributed by atoms with Gasteiger partial charge in [0.05, 0.1) is 18.0 Å².